The number of nitrogens with one attached hydrogen (secondary N) is 1. The summed E-state index contributed by atoms with van der Waals surface area (Å²) in [5.74, 6) is 0.831. The summed E-state index contributed by atoms with van der Waals surface area (Å²) in [4.78, 5) is 0. The van der Waals surface area contributed by atoms with Crippen molar-refractivity contribution >= 4 is 17.3 Å². The molecule has 3 rings (SSSR count). The summed E-state index contributed by atoms with van der Waals surface area (Å²) in [6.07, 6.45) is 0. The van der Waals surface area contributed by atoms with Gasteiger partial charge in [0.2, 0.25) is 0 Å². The first kappa shape index (κ1) is 16.2. The van der Waals surface area contributed by atoms with E-state index < -0.39 is 0 Å². The minimum atomic E-state index is 0.210. The molecule has 0 spiro atoms. The summed E-state index contributed by atoms with van der Waals surface area (Å²) in [6, 6.07) is 22.7. The number of para-hydroxylation sites is 1. The zero-order chi connectivity index (χ0) is 16.8. The molecular formula is C20H18ClNO2. The van der Waals surface area contributed by atoms with Crippen molar-refractivity contribution in [3.63, 3.8) is 0 Å². The van der Waals surface area contributed by atoms with Gasteiger partial charge in [0, 0.05) is 28.9 Å². The lowest BCUT2D eigenvalue weighted by molar-refractivity contribution is 0.304. The molecule has 0 unspecified atom stereocenters. The van der Waals surface area contributed by atoms with E-state index in [0.29, 0.717) is 23.9 Å². The van der Waals surface area contributed by atoms with Gasteiger partial charge in [0.25, 0.3) is 0 Å². The number of phenols is 1. The average molecular weight is 340 g/mol. The van der Waals surface area contributed by atoms with Gasteiger partial charge in [-0.05, 0) is 42.0 Å². The molecule has 0 aromatic heterocycles. The Balaban J connectivity index is 1.60. The molecule has 24 heavy (non-hydrogen) atoms. The molecule has 0 fully saturated rings. The Morgan fingerprint density at radius 2 is 1.75 bits per heavy atom. The first-order valence-electron chi connectivity index (χ1n) is 7.69. The maximum Gasteiger partial charge on any atom is 0.124 e. The molecule has 0 aliphatic heterocycles. The fourth-order valence-corrected chi connectivity index (χ4v) is 2.54. The third-order valence-electron chi connectivity index (χ3n) is 3.61. The molecular weight excluding hydrogens is 322 g/mol. The zero-order valence-electron chi connectivity index (χ0n) is 13.1. The van der Waals surface area contributed by atoms with E-state index in [1.807, 2.05) is 66.7 Å². The van der Waals surface area contributed by atoms with Crippen LogP contribution in [0.1, 0.15) is 11.1 Å². The van der Waals surface area contributed by atoms with E-state index in [0.717, 1.165) is 16.8 Å². The van der Waals surface area contributed by atoms with Crippen LogP contribution in [0.25, 0.3) is 0 Å². The second kappa shape index (κ2) is 7.75. The summed E-state index contributed by atoms with van der Waals surface area (Å²) < 4.78 is 5.71. The van der Waals surface area contributed by atoms with Crippen molar-refractivity contribution in [3.05, 3.63) is 88.9 Å². The largest absolute Gasteiger partial charge is 0.507 e. The molecule has 4 heteroatoms. The highest BCUT2D eigenvalue weighted by Gasteiger charge is 2.04. The second-order valence-electron chi connectivity index (χ2n) is 5.43. The Bertz CT molecular complexity index is 806. The zero-order valence-corrected chi connectivity index (χ0v) is 13.8. The van der Waals surface area contributed by atoms with Crippen LogP contribution in [-0.2, 0) is 13.2 Å². The van der Waals surface area contributed by atoms with E-state index in [9.17, 15) is 5.11 Å². The number of aromatic hydroxyl groups is 1. The molecule has 3 nitrogen and oxygen atoms in total. The van der Waals surface area contributed by atoms with E-state index in [1.165, 1.54) is 0 Å². The number of halogens is 1. The molecule has 0 aliphatic rings. The minimum Gasteiger partial charge on any atom is -0.507 e. The Labute approximate surface area is 146 Å². The van der Waals surface area contributed by atoms with Crippen molar-refractivity contribution < 1.29 is 9.84 Å². The fourth-order valence-electron chi connectivity index (χ4n) is 2.33. The van der Waals surface area contributed by atoms with Crippen LogP contribution >= 0.6 is 11.6 Å². The van der Waals surface area contributed by atoms with E-state index >= 15 is 0 Å². The van der Waals surface area contributed by atoms with Gasteiger partial charge in [0.15, 0.2) is 0 Å². The van der Waals surface area contributed by atoms with Crippen LogP contribution in [0.3, 0.4) is 0 Å². The third kappa shape index (κ3) is 4.43. The van der Waals surface area contributed by atoms with Crippen LogP contribution in [0, 0.1) is 0 Å². The van der Waals surface area contributed by atoms with Gasteiger partial charge in [-0.2, -0.15) is 0 Å². The van der Waals surface area contributed by atoms with E-state index in [4.69, 9.17) is 16.3 Å². The van der Waals surface area contributed by atoms with Gasteiger partial charge in [0.1, 0.15) is 18.1 Å². The number of phenolic OH excluding ortho intramolecular Hbond substituents is 1. The van der Waals surface area contributed by atoms with E-state index in [2.05, 4.69) is 5.32 Å². The van der Waals surface area contributed by atoms with Crippen molar-refractivity contribution in [3.8, 4) is 11.5 Å². The summed E-state index contributed by atoms with van der Waals surface area (Å²) in [5, 5.41) is 14.1. The van der Waals surface area contributed by atoms with Crippen molar-refractivity contribution in [2.75, 3.05) is 5.32 Å². The molecule has 0 saturated carbocycles. The Morgan fingerprint density at radius 3 is 2.50 bits per heavy atom. The molecule has 0 aliphatic carbocycles. The molecule has 0 atom stereocenters. The lowest BCUT2D eigenvalue weighted by Gasteiger charge is -2.11. The topological polar surface area (TPSA) is 41.5 Å². The second-order valence-corrected chi connectivity index (χ2v) is 5.87. The number of benzene rings is 3. The molecule has 2 N–H and O–H groups in total. The summed E-state index contributed by atoms with van der Waals surface area (Å²) in [5.41, 5.74) is 2.81. The lowest BCUT2D eigenvalue weighted by Crippen LogP contribution is -2.00. The molecule has 122 valence electrons. The quantitative estimate of drug-likeness (QED) is 0.645. The van der Waals surface area contributed by atoms with Crippen LogP contribution < -0.4 is 10.1 Å². The molecule has 0 bridgehead atoms. The van der Waals surface area contributed by atoms with Crippen molar-refractivity contribution in [1.82, 2.24) is 0 Å². The van der Waals surface area contributed by atoms with Crippen molar-refractivity contribution in [2.24, 2.45) is 0 Å². The molecule has 0 amide bonds. The van der Waals surface area contributed by atoms with Gasteiger partial charge in [0.05, 0.1) is 0 Å². The van der Waals surface area contributed by atoms with E-state index in [-0.39, 0.29) is 5.75 Å². The van der Waals surface area contributed by atoms with Gasteiger partial charge in [-0.15, -0.1) is 0 Å². The predicted octanol–water partition coefficient (Wildman–Crippen LogP) is 5.24. The highest BCUT2D eigenvalue weighted by molar-refractivity contribution is 6.30. The fraction of sp³-hybridized carbons (Fsp3) is 0.100. The first-order chi connectivity index (χ1) is 11.7. The molecule has 0 radical (unpaired) electrons. The standard InChI is InChI=1S/C20H18ClNO2/c21-17-6-4-5-15(11-17)14-24-19-10-9-16(20(23)12-19)13-22-18-7-2-1-3-8-18/h1-12,22-23H,13-14H2. The van der Waals surface area contributed by atoms with Gasteiger partial charge in [-0.25, -0.2) is 0 Å². The first-order valence-corrected chi connectivity index (χ1v) is 8.06. The van der Waals surface area contributed by atoms with E-state index in [1.54, 1.807) is 6.07 Å². The number of anilines is 1. The van der Waals surface area contributed by atoms with Gasteiger partial charge in [-0.3, -0.25) is 0 Å². The summed E-state index contributed by atoms with van der Waals surface area (Å²) in [7, 11) is 0. The number of ether oxygens (including phenoxy) is 1. The van der Waals surface area contributed by atoms with Gasteiger partial charge < -0.3 is 15.2 Å². The highest BCUT2D eigenvalue weighted by atomic mass is 35.5. The monoisotopic (exact) mass is 339 g/mol. The number of rotatable bonds is 6. The van der Waals surface area contributed by atoms with Gasteiger partial charge in [-0.1, -0.05) is 41.9 Å². The smallest absolute Gasteiger partial charge is 0.124 e. The van der Waals surface area contributed by atoms with Crippen LogP contribution in [-0.4, -0.2) is 5.11 Å². The average Bonchev–Trinajstić information content (AvgIpc) is 2.60. The SMILES string of the molecule is Oc1cc(OCc2cccc(Cl)c2)ccc1CNc1ccccc1. The lowest BCUT2D eigenvalue weighted by atomic mass is 10.2. The number of hydrogen-bond acceptors (Lipinski definition) is 3. The molecule has 3 aromatic rings. The Hall–Kier alpha value is -2.65. The summed E-state index contributed by atoms with van der Waals surface area (Å²) >= 11 is 5.96. The normalized spacial score (nSPS) is 10.4. The maximum atomic E-state index is 10.2. The minimum absolute atomic E-state index is 0.210. The van der Waals surface area contributed by atoms with Crippen LogP contribution in [0.2, 0.25) is 5.02 Å². The molecule has 0 saturated heterocycles. The number of hydrogen-bond donors (Lipinski definition) is 2. The van der Waals surface area contributed by atoms with Crippen LogP contribution in [0.15, 0.2) is 72.8 Å². The molecule has 3 aromatic carbocycles. The summed E-state index contributed by atoms with van der Waals surface area (Å²) in [6.45, 7) is 0.950. The maximum absolute atomic E-state index is 10.2. The van der Waals surface area contributed by atoms with Crippen LogP contribution in [0.5, 0.6) is 11.5 Å². The Kier molecular flexibility index (Phi) is 5.24. The highest BCUT2D eigenvalue weighted by Crippen LogP contribution is 2.25. The predicted molar refractivity (Wildman–Crippen MR) is 97.7 cm³/mol. The Morgan fingerprint density at radius 1 is 0.917 bits per heavy atom. The third-order valence-corrected chi connectivity index (χ3v) is 3.84. The molecule has 0 heterocycles. The van der Waals surface area contributed by atoms with Crippen molar-refractivity contribution in [2.45, 2.75) is 13.2 Å². The van der Waals surface area contributed by atoms with Gasteiger partial charge >= 0.3 is 0 Å². The van der Waals surface area contributed by atoms with Crippen molar-refractivity contribution in [1.29, 1.82) is 0 Å². The van der Waals surface area contributed by atoms with Crippen LogP contribution in [0.4, 0.5) is 5.69 Å².